The predicted molar refractivity (Wildman–Crippen MR) is 109 cm³/mol. The summed E-state index contributed by atoms with van der Waals surface area (Å²) in [5.41, 5.74) is 1.54. The first kappa shape index (κ1) is 20.6. The average molecular weight is 398 g/mol. The zero-order chi connectivity index (χ0) is 21.0. The Hall–Kier alpha value is -3.16. The van der Waals surface area contributed by atoms with Gasteiger partial charge in [-0.1, -0.05) is 18.2 Å². The molecule has 154 valence electrons. The lowest BCUT2D eigenvalue weighted by Gasteiger charge is -2.32. The molecule has 2 heterocycles. The number of aryl methyl sites for hydroxylation is 2. The van der Waals surface area contributed by atoms with Crippen LogP contribution < -0.4 is 16.6 Å². The summed E-state index contributed by atoms with van der Waals surface area (Å²) in [4.78, 5) is 54.6. The quantitative estimate of drug-likeness (QED) is 0.698. The number of carbonyl (C=O) groups excluding carboxylic acids is 2. The van der Waals surface area contributed by atoms with E-state index >= 15 is 0 Å². The summed E-state index contributed by atoms with van der Waals surface area (Å²) in [6.45, 7) is 4.70. The van der Waals surface area contributed by atoms with Gasteiger partial charge in [-0.25, -0.2) is 4.79 Å². The molecule has 0 unspecified atom stereocenters. The molecule has 0 spiro atoms. The minimum atomic E-state index is -0.544. The lowest BCUT2D eigenvalue weighted by Crippen LogP contribution is -2.46. The highest BCUT2D eigenvalue weighted by molar-refractivity contribution is 5.95. The van der Waals surface area contributed by atoms with Crippen LogP contribution in [0.15, 0.2) is 33.9 Å². The second kappa shape index (κ2) is 8.89. The Bertz CT molecular complexity index is 1020. The van der Waals surface area contributed by atoms with Crippen molar-refractivity contribution in [3.8, 4) is 0 Å². The zero-order valence-corrected chi connectivity index (χ0v) is 16.7. The number of hydrogen-bond acceptors (Lipinski definition) is 4. The molecule has 1 aliphatic rings. The van der Waals surface area contributed by atoms with Gasteiger partial charge in [-0.2, -0.15) is 0 Å². The van der Waals surface area contributed by atoms with Crippen molar-refractivity contribution in [2.75, 3.05) is 13.1 Å². The number of likely N-dealkylation sites (tertiary alicyclic amines) is 1. The predicted octanol–water partition coefficient (Wildman–Crippen LogP) is 1.03. The number of nitrogens with one attached hydrogen (secondary N) is 3. The molecule has 3 N–H and O–H groups in total. The second-order valence-corrected chi connectivity index (χ2v) is 7.46. The Kier molecular flexibility index (Phi) is 6.31. The molecule has 1 aromatic carbocycles. The van der Waals surface area contributed by atoms with Gasteiger partial charge in [0.15, 0.2) is 0 Å². The number of hydrogen-bond donors (Lipinski definition) is 3. The number of piperidine rings is 1. The third-order valence-corrected chi connectivity index (χ3v) is 5.42. The summed E-state index contributed by atoms with van der Waals surface area (Å²) in [5.74, 6) is -0.112. The number of nitrogens with zero attached hydrogens (tertiary/aromatic N) is 1. The molecule has 2 amide bonds. The van der Waals surface area contributed by atoms with E-state index in [-0.39, 0.29) is 30.7 Å². The lowest BCUT2D eigenvalue weighted by molar-refractivity contribution is -0.132. The van der Waals surface area contributed by atoms with Crippen molar-refractivity contribution in [1.29, 1.82) is 0 Å². The Morgan fingerprint density at radius 2 is 1.79 bits per heavy atom. The molecule has 1 fully saturated rings. The summed E-state index contributed by atoms with van der Waals surface area (Å²) in [6, 6.07) is 7.50. The normalized spacial score (nSPS) is 14.6. The van der Waals surface area contributed by atoms with Gasteiger partial charge in [-0.3, -0.25) is 19.4 Å². The van der Waals surface area contributed by atoms with E-state index in [2.05, 4.69) is 15.3 Å². The maximum absolute atomic E-state index is 12.5. The van der Waals surface area contributed by atoms with Gasteiger partial charge in [0.2, 0.25) is 5.91 Å². The van der Waals surface area contributed by atoms with E-state index < -0.39 is 11.2 Å². The summed E-state index contributed by atoms with van der Waals surface area (Å²) >= 11 is 0. The molecule has 1 saturated heterocycles. The monoisotopic (exact) mass is 398 g/mol. The van der Waals surface area contributed by atoms with Crippen LogP contribution in [0.3, 0.4) is 0 Å². The largest absolute Gasteiger partial charge is 0.349 e. The summed E-state index contributed by atoms with van der Waals surface area (Å²) in [6.07, 6.45) is 1.88. The topological polar surface area (TPSA) is 115 Å². The molecule has 0 radical (unpaired) electrons. The van der Waals surface area contributed by atoms with Gasteiger partial charge in [0.1, 0.15) is 0 Å². The maximum Gasteiger partial charge on any atom is 0.325 e. The molecule has 29 heavy (non-hydrogen) atoms. The number of aromatic amines is 2. The van der Waals surface area contributed by atoms with Crippen LogP contribution in [-0.2, 0) is 11.2 Å². The number of aromatic nitrogens is 2. The highest BCUT2D eigenvalue weighted by Gasteiger charge is 2.24. The number of rotatable bonds is 5. The van der Waals surface area contributed by atoms with Gasteiger partial charge >= 0.3 is 5.69 Å². The number of benzene rings is 1. The van der Waals surface area contributed by atoms with Crippen LogP contribution in [0.5, 0.6) is 0 Å². The molecule has 1 aliphatic heterocycles. The summed E-state index contributed by atoms with van der Waals surface area (Å²) < 4.78 is 0. The molecule has 0 saturated carbocycles. The Balaban J connectivity index is 1.50. The first-order chi connectivity index (χ1) is 13.8. The zero-order valence-electron chi connectivity index (χ0n) is 16.7. The van der Waals surface area contributed by atoms with Crippen molar-refractivity contribution in [3.63, 3.8) is 0 Å². The smallest absolute Gasteiger partial charge is 0.325 e. The first-order valence-electron chi connectivity index (χ1n) is 9.81. The third kappa shape index (κ3) is 5.01. The van der Waals surface area contributed by atoms with Crippen LogP contribution in [0.25, 0.3) is 0 Å². The minimum Gasteiger partial charge on any atom is -0.349 e. The van der Waals surface area contributed by atoms with Crippen molar-refractivity contribution in [3.05, 3.63) is 67.5 Å². The van der Waals surface area contributed by atoms with Crippen LogP contribution in [0.4, 0.5) is 0 Å². The fourth-order valence-corrected chi connectivity index (χ4v) is 3.68. The van der Waals surface area contributed by atoms with E-state index in [1.165, 1.54) is 0 Å². The Labute approximate surface area is 168 Å². The molecule has 8 heteroatoms. The molecule has 1 aromatic heterocycles. The SMILES string of the molecule is Cc1ccccc1C(=O)NC1CCN(C(=O)CCc2c(C)[nH]c(=O)[nH]c2=O)CC1. The van der Waals surface area contributed by atoms with Crippen LogP contribution in [-0.4, -0.2) is 45.8 Å². The fraction of sp³-hybridized carbons (Fsp3) is 0.429. The van der Waals surface area contributed by atoms with Crippen LogP contribution in [0.2, 0.25) is 0 Å². The average Bonchev–Trinajstić information content (AvgIpc) is 2.67. The number of carbonyl (C=O) groups is 2. The van der Waals surface area contributed by atoms with Gasteiger partial charge in [-0.15, -0.1) is 0 Å². The van der Waals surface area contributed by atoms with E-state index in [1.807, 2.05) is 31.2 Å². The van der Waals surface area contributed by atoms with E-state index in [0.29, 0.717) is 42.8 Å². The van der Waals surface area contributed by atoms with Crippen LogP contribution >= 0.6 is 0 Å². The minimum absolute atomic E-state index is 0.0290. The highest BCUT2D eigenvalue weighted by Crippen LogP contribution is 2.14. The van der Waals surface area contributed by atoms with E-state index in [9.17, 15) is 19.2 Å². The molecular weight excluding hydrogens is 372 g/mol. The molecule has 0 atom stereocenters. The Morgan fingerprint density at radius 1 is 1.10 bits per heavy atom. The number of H-pyrrole nitrogens is 2. The van der Waals surface area contributed by atoms with Crippen molar-refractivity contribution < 1.29 is 9.59 Å². The third-order valence-electron chi connectivity index (χ3n) is 5.42. The molecule has 8 nitrogen and oxygen atoms in total. The van der Waals surface area contributed by atoms with Gasteiger partial charge < -0.3 is 15.2 Å². The van der Waals surface area contributed by atoms with Crippen molar-refractivity contribution >= 4 is 11.8 Å². The van der Waals surface area contributed by atoms with Gasteiger partial charge in [-0.05, 0) is 44.7 Å². The molecule has 0 aliphatic carbocycles. The second-order valence-electron chi connectivity index (χ2n) is 7.46. The van der Waals surface area contributed by atoms with Crippen LogP contribution in [0.1, 0.15) is 46.4 Å². The number of amides is 2. The van der Waals surface area contributed by atoms with Gasteiger partial charge in [0, 0.05) is 42.4 Å². The van der Waals surface area contributed by atoms with E-state index in [1.54, 1.807) is 11.8 Å². The molecule has 2 aromatic rings. The van der Waals surface area contributed by atoms with E-state index in [0.717, 1.165) is 5.56 Å². The standard InChI is InChI=1S/C21H26N4O4/c1-13-5-3-4-6-16(13)19(27)23-15-9-11-25(12-10-15)18(26)8-7-17-14(2)22-21(29)24-20(17)28/h3-6,15H,7-12H2,1-2H3,(H,23,27)(H2,22,24,28,29). The molecule has 3 rings (SSSR count). The summed E-state index contributed by atoms with van der Waals surface area (Å²) in [5, 5.41) is 3.06. The fourth-order valence-electron chi connectivity index (χ4n) is 3.68. The summed E-state index contributed by atoms with van der Waals surface area (Å²) in [7, 11) is 0. The van der Waals surface area contributed by atoms with Crippen molar-refractivity contribution in [2.24, 2.45) is 0 Å². The van der Waals surface area contributed by atoms with Gasteiger partial charge in [0.05, 0.1) is 0 Å². The molecule has 0 bridgehead atoms. The first-order valence-corrected chi connectivity index (χ1v) is 9.81. The van der Waals surface area contributed by atoms with Crippen molar-refractivity contribution in [1.82, 2.24) is 20.2 Å². The van der Waals surface area contributed by atoms with Gasteiger partial charge in [0.25, 0.3) is 11.5 Å². The van der Waals surface area contributed by atoms with E-state index in [4.69, 9.17) is 0 Å². The van der Waals surface area contributed by atoms with Crippen LogP contribution in [0, 0.1) is 13.8 Å². The lowest BCUT2D eigenvalue weighted by atomic mass is 10.0. The Morgan fingerprint density at radius 3 is 2.45 bits per heavy atom. The highest BCUT2D eigenvalue weighted by atomic mass is 16.2. The van der Waals surface area contributed by atoms with Crippen molar-refractivity contribution in [2.45, 2.75) is 45.6 Å². The molecular formula is C21H26N4O4. The maximum atomic E-state index is 12.5.